The van der Waals surface area contributed by atoms with E-state index in [2.05, 4.69) is 20.7 Å². The highest BCUT2D eigenvalue weighted by Gasteiger charge is 2.36. The fourth-order valence-electron chi connectivity index (χ4n) is 4.50. The number of anilines is 1. The molecule has 0 fully saturated rings. The van der Waals surface area contributed by atoms with E-state index in [1.54, 1.807) is 69.3 Å². The number of Topliss-reactive ketones (excluding diaryl/α,β-unsaturated/α-hetero) is 1. The molecule has 2 amide bonds. The van der Waals surface area contributed by atoms with E-state index in [0.717, 1.165) is 15.4 Å². The van der Waals surface area contributed by atoms with Crippen LogP contribution in [0, 0.1) is 6.92 Å². The van der Waals surface area contributed by atoms with Crippen LogP contribution in [0.5, 0.6) is 5.88 Å². The van der Waals surface area contributed by atoms with E-state index in [0.29, 0.717) is 11.6 Å². The van der Waals surface area contributed by atoms with E-state index < -0.39 is 78.3 Å². The van der Waals surface area contributed by atoms with Gasteiger partial charge in [-0.15, -0.1) is 0 Å². The number of benzene rings is 2. The first kappa shape index (κ1) is 37.8. The average molecular weight is 713 g/mol. The van der Waals surface area contributed by atoms with Gasteiger partial charge in [0.1, 0.15) is 36.3 Å². The van der Waals surface area contributed by atoms with Crippen LogP contribution in [0.25, 0.3) is 5.69 Å². The van der Waals surface area contributed by atoms with Crippen LogP contribution in [0.15, 0.2) is 77.7 Å². The summed E-state index contributed by atoms with van der Waals surface area (Å²) in [4.78, 5) is 68.9. The number of carbonyl (C=O) groups excluding carboxylic acids is 4. The summed E-state index contributed by atoms with van der Waals surface area (Å²) < 4.78 is 58.2. The lowest BCUT2D eigenvalue weighted by molar-refractivity contribution is -0.156. The second-order valence-electron chi connectivity index (χ2n) is 12.1. The molecule has 2 heterocycles. The van der Waals surface area contributed by atoms with Crippen molar-refractivity contribution in [1.29, 1.82) is 0 Å². The Balaban J connectivity index is 1.50. The summed E-state index contributed by atoms with van der Waals surface area (Å²) >= 11 is 0. The summed E-state index contributed by atoms with van der Waals surface area (Å²) in [5, 5.41) is 8.23. The lowest BCUT2D eigenvalue weighted by Gasteiger charge is -2.23. The fraction of sp³-hybridized carbons (Fsp3) is 0.324. The predicted molar refractivity (Wildman–Crippen MR) is 175 cm³/mol. The molecule has 4 aromatic rings. The van der Waals surface area contributed by atoms with Crippen LogP contribution in [-0.4, -0.2) is 61.3 Å². The Morgan fingerprint density at radius 1 is 0.961 bits per heavy atom. The molecule has 0 radical (unpaired) electrons. The summed E-state index contributed by atoms with van der Waals surface area (Å²) in [6.07, 6.45) is -5.35. The Morgan fingerprint density at radius 3 is 2.24 bits per heavy atom. The molecule has 2 aromatic heterocycles. The number of rotatable bonds is 13. The van der Waals surface area contributed by atoms with Gasteiger partial charge in [0.05, 0.1) is 18.3 Å². The first-order chi connectivity index (χ1) is 24.0. The first-order valence-corrected chi connectivity index (χ1v) is 15.4. The standard InChI is InChI=1S/C34H35F3N6O8/c1-21-38-17-25(40-32(48)50-19-22-11-7-5-8-12-22)31(47)42(21)18-28(45)39-24(15-30(46)51-33(2,3)4)26(44)20-49-29-16-27(34(35,36)37)41-43(29)23-13-9-6-10-14-23/h5-14,16-17,24H,15,18-20H2,1-4H3,(H,39,45)(H,40,48)/t24-/m0/s1. The van der Waals surface area contributed by atoms with Crippen molar-refractivity contribution in [1.82, 2.24) is 24.6 Å². The largest absolute Gasteiger partial charge is 0.469 e. The number of ketones is 1. The molecular formula is C34H35F3N6O8. The molecule has 0 aliphatic rings. The summed E-state index contributed by atoms with van der Waals surface area (Å²) in [6.45, 7) is 4.55. The van der Waals surface area contributed by atoms with E-state index >= 15 is 0 Å². The van der Waals surface area contributed by atoms with Gasteiger partial charge in [0.25, 0.3) is 5.56 Å². The number of aryl methyl sites for hydroxylation is 1. The van der Waals surface area contributed by atoms with E-state index in [1.165, 1.54) is 19.1 Å². The Labute approximate surface area is 289 Å². The molecule has 0 saturated heterocycles. The summed E-state index contributed by atoms with van der Waals surface area (Å²) in [5.74, 6) is -3.04. The maximum absolute atomic E-state index is 13.5. The van der Waals surface area contributed by atoms with Gasteiger partial charge in [-0.05, 0) is 45.4 Å². The van der Waals surface area contributed by atoms with Gasteiger partial charge in [-0.3, -0.25) is 29.1 Å². The number of esters is 1. The fourth-order valence-corrected chi connectivity index (χ4v) is 4.50. The minimum atomic E-state index is -4.82. The molecule has 0 aliphatic carbocycles. The molecule has 270 valence electrons. The number of hydrogen-bond acceptors (Lipinski definition) is 10. The average Bonchev–Trinajstić information content (AvgIpc) is 3.51. The molecule has 0 saturated carbocycles. The minimum absolute atomic E-state index is 0.0720. The molecule has 0 aliphatic heterocycles. The summed E-state index contributed by atoms with van der Waals surface area (Å²) in [7, 11) is 0. The normalized spacial score (nSPS) is 12.1. The van der Waals surface area contributed by atoms with Crippen molar-refractivity contribution in [3.05, 3.63) is 100 Å². The zero-order valence-corrected chi connectivity index (χ0v) is 28.0. The Morgan fingerprint density at radius 2 is 1.61 bits per heavy atom. The third-order valence-corrected chi connectivity index (χ3v) is 6.84. The van der Waals surface area contributed by atoms with Crippen molar-refractivity contribution in [2.45, 2.75) is 65.1 Å². The predicted octanol–water partition coefficient (Wildman–Crippen LogP) is 4.37. The number of hydrogen-bond donors (Lipinski definition) is 2. The molecule has 4 rings (SSSR count). The van der Waals surface area contributed by atoms with Gasteiger partial charge < -0.3 is 19.5 Å². The van der Waals surface area contributed by atoms with Gasteiger partial charge >= 0.3 is 18.2 Å². The highest BCUT2D eigenvalue weighted by atomic mass is 19.4. The molecule has 2 aromatic carbocycles. The number of para-hydroxylation sites is 1. The highest BCUT2D eigenvalue weighted by molar-refractivity contribution is 5.93. The zero-order chi connectivity index (χ0) is 37.3. The van der Waals surface area contributed by atoms with Crippen molar-refractivity contribution in [2.24, 2.45) is 0 Å². The summed E-state index contributed by atoms with van der Waals surface area (Å²) in [5.41, 5.74) is -2.42. The zero-order valence-electron chi connectivity index (χ0n) is 28.0. The molecular weight excluding hydrogens is 677 g/mol. The van der Waals surface area contributed by atoms with Gasteiger partial charge in [0, 0.05) is 6.07 Å². The van der Waals surface area contributed by atoms with Crippen molar-refractivity contribution in [2.75, 3.05) is 11.9 Å². The second kappa shape index (κ2) is 16.1. The van der Waals surface area contributed by atoms with Crippen LogP contribution in [0.1, 0.15) is 44.3 Å². The molecule has 0 unspecified atom stereocenters. The van der Waals surface area contributed by atoms with Crippen LogP contribution in [0.4, 0.5) is 23.7 Å². The van der Waals surface area contributed by atoms with Gasteiger partial charge in [-0.2, -0.15) is 18.3 Å². The second-order valence-corrected chi connectivity index (χ2v) is 12.1. The van der Waals surface area contributed by atoms with Gasteiger partial charge in [0.15, 0.2) is 18.1 Å². The topological polar surface area (TPSA) is 173 Å². The van der Waals surface area contributed by atoms with Crippen LogP contribution < -0.4 is 20.9 Å². The highest BCUT2D eigenvalue weighted by Crippen LogP contribution is 2.32. The minimum Gasteiger partial charge on any atom is -0.469 e. The number of nitrogens with one attached hydrogen (secondary N) is 2. The number of ether oxygens (including phenoxy) is 3. The number of aromatic nitrogens is 4. The smallest absolute Gasteiger partial charge is 0.435 e. The molecule has 1 atom stereocenters. The molecule has 0 bridgehead atoms. The third kappa shape index (κ3) is 11.0. The number of halogens is 3. The maximum atomic E-state index is 13.5. The molecule has 17 heteroatoms. The Hall–Kier alpha value is -6.00. The lowest BCUT2D eigenvalue weighted by atomic mass is 10.1. The van der Waals surface area contributed by atoms with E-state index in [-0.39, 0.29) is 23.8 Å². The first-order valence-electron chi connectivity index (χ1n) is 15.4. The van der Waals surface area contributed by atoms with Crippen LogP contribution >= 0.6 is 0 Å². The Bertz CT molecular complexity index is 1920. The lowest BCUT2D eigenvalue weighted by Crippen LogP contribution is -2.47. The van der Waals surface area contributed by atoms with Crippen molar-refractivity contribution >= 4 is 29.4 Å². The van der Waals surface area contributed by atoms with Crippen LogP contribution in [-0.2, 0) is 43.2 Å². The van der Waals surface area contributed by atoms with Crippen LogP contribution in [0.2, 0.25) is 0 Å². The van der Waals surface area contributed by atoms with Crippen LogP contribution in [0.3, 0.4) is 0 Å². The molecule has 0 spiro atoms. The van der Waals surface area contributed by atoms with Crippen molar-refractivity contribution < 1.29 is 46.6 Å². The monoisotopic (exact) mass is 712 g/mol. The van der Waals surface area contributed by atoms with Crippen molar-refractivity contribution in [3.63, 3.8) is 0 Å². The molecule has 14 nitrogen and oxygen atoms in total. The number of alkyl halides is 3. The van der Waals surface area contributed by atoms with E-state index in [9.17, 15) is 37.1 Å². The molecule has 51 heavy (non-hydrogen) atoms. The van der Waals surface area contributed by atoms with Crippen molar-refractivity contribution in [3.8, 4) is 11.6 Å². The maximum Gasteiger partial charge on any atom is 0.435 e. The Kier molecular flexibility index (Phi) is 12.0. The molecule has 2 N–H and O–H groups in total. The quantitative estimate of drug-likeness (QED) is 0.190. The van der Waals surface area contributed by atoms with Gasteiger partial charge in [-0.1, -0.05) is 48.5 Å². The van der Waals surface area contributed by atoms with E-state index in [4.69, 9.17) is 14.2 Å². The SMILES string of the molecule is Cc1ncc(NC(=O)OCc2ccccc2)c(=O)n1CC(=O)N[C@@H](CC(=O)OC(C)(C)C)C(=O)COc1cc(C(F)(F)F)nn1-c1ccccc1. The number of amides is 2. The summed E-state index contributed by atoms with van der Waals surface area (Å²) in [6, 6.07) is 15.6. The van der Waals surface area contributed by atoms with Gasteiger partial charge in [-0.25, -0.2) is 14.5 Å². The van der Waals surface area contributed by atoms with Gasteiger partial charge in [0.2, 0.25) is 11.8 Å². The number of carbonyl (C=O) groups is 4. The van der Waals surface area contributed by atoms with E-state index in [1.807, 2.05) is 0 Å². The third-order valence-electron chi connectivity index (χ3n) is 6.84. The number of nitrogens with zero attached hydrogens (tertiary/aromatic N) is 4.